The summed E-state index contributed by atoms with van der Waals surface area (Å²) in [6, 6.07) is 11.2. The fraction of sp³-hybridized carbons (Fsp3) is 0.0870. The second-order valence-electron chi connectivity index (χ2n) is 6.64. The molecule has 0 aliphatic rings. The number of oxazole rings is 2. The number of thiophene rings is 2. The average molecular weight is 465 g/mol. The zero-order valence-electron chi connectivity index (χ0n) is 16.8. The molecule has 0 amide bonds. The van der Waals surface area contributed by atoms with Crippen molar-refractivity contribution in [1.82, 2.24) is 9.97 Å². The predicted molar refractivity (Wildman–Crippen MR) is 122 cm³/mol. The van der Waals surface area contributed by atoms with Crippen molar-refractivity contribution in [2.45, 2.75) is 0 Å². The molecular weight excluding hydrogens is 448 g/mol. The molecule has 160 valence electrons. The molecule has 32 heavy (non-hydrogen) atoms. The molecule has 0 unspecified atom stereocenters. The van der Waals surface area contributed by atoms with E-state index in [4.69, 9.17) is 18.6 Å². The third-order valence-corrected chi connectivity index (χ3v) is 6.02. The minimum atomic E-state index is -0.461. The van der Waals surface area contributed by atoms with E-state index < -0.39 is 5.97 Å². The lowest BCUT2D eigenvalue weighted by molar-refractivity contribution is -0.142. The van der Waals surface area contributed by atoms with Crippen molar-refractivity contribution in [2.24, 2.45) is 0 Å². The van der Waals surface area contributed by atoms with Gasteiger partial charge in [0.1, 0.15) is 11.4 Å². The number of esters is 1. The van der Waals surface area contributed by atoms with E-state index >= 15 is 0 Å². The molecule has 4 heterocycles. The Labute approximate surface area is 190 Å². The zero-order chi connectivity index (χ0) is 21.9. The van der Waals surface area contributed by atoms with Crippen LogP contribution in [0.15, 0.2) is 73.1 Å². The summed E-state index contributed by atoms with van der Waals surface area (Å²) in [5, 5.41) is 8.05. The molecule has 5 rings (SSSR count). The Morgan fingerprint density at radius 3 is 2.56 bits per heavy atom. The molecule has 0 aliphatic heterocycles. The van der Waals surface area contributed by atoms with Gasteiger partial charge in [-0.3, -0.25) is 0 Å². The van der Waals surface area contributed by atoms with Crippen LogP contribution < -0.4 is 4.74 Å². The van der Waals surface area contributed by atoms with Crippen LogP contribution >= 0.6 is 22.7 Å². The zero-order valence-corrected chi connectivity index (χ0v) is 18.4. The number of nitrogens with zero attached hydrogens (tertiary/aromatic N) is 2. The van der Waals surface area contributed by atoms with Crippen LogP contribution in [0.1, 0.15) is 0 Å². The van der Waals surface area contributed by atoms with Gasteiger partial charge in [0.2, 0.25) is 5.89 Å². The summed E-state index contributed by atoms with van der Waals surface area (Å²) in [5.41, 5.74) is 3.89. The largest absolute Gasteiger partial charge is 0.482 e. The minimum absolute atomic E-state index is 0.184. The smallest absolute Gasteiger partial charge is 0.343 e. The molecule has 0 saturated carbocycles. The van der Waals surface area contributed by atoms with E-state index in [0.29, 0.717) is 34.4 Å². The van der Waals surface area contributed by atoms with Crippen molar-refractivity contribution >= 4 is 28.6 Å². The molecular formula is C23H16N2O5S2. The van der Waals surface area contributed by atoms with Crippen LogP contribution in [0.3, 0.4) is 0 Å². The van der Waals surface area contributed by atoms with Crippen molar-refractivity contribution in [3.63, 3.8) is 0 Å². The quantitative estimate of drug-likeness (QED) is 0.273. The number of carbonyl (C=O) groups is 1. The lowest BCUT2D eigenvalue weighted by atomic mass is 10.1. The Morgan fingerprint density at radius 2 is 1.81 bits per heavy atom. The van der Waals surface area contributed by atoms with Gasteiger partial charge in [0.25, 0.3) is 0 Å². The Morgan fingerprint density at radius 1 is 1.00 bits per heavy atom. The second-order valence-corrected chi connectivity index (χ2v) is 8.20. The molecule has 0 spiro atoms. The van der Waals surface area contributed by atoms with E-state index in [1.165, 1.54) is 13.5 Å². The summed E-state index contributed by atoms with van der Waals surface area (Å²) in [7, 11) is 1.31. The number of rotatable bonds is 7. The van der Waals surface area contributed by atoms with Gasteiger partial charge in [-0.2, -0.15) is 22.7 Å². The minimum Gasteiger partial charge on any atom is -0.482 e. The molecule has 0 saturated heterocycles. The van der Waals surface area contributed by atoms with Gasteiger partial charge < -0.3 is 18.3 Å². The first-order valence-corrected chi connectivity index (χ1v) is 11.4. The van der Waals surface area contributed by atoms with Crippen LogP contribution in [0.25, 0.3) is 45.5 Å². The number of ether oxygens (including phenoxy) is 2. The Kier molecular flexibility index (Phi) is 5.57. The Hall–Kier alpha value is -3.69. The van der Waals surface area contributed by atoms with Gasteiger partial charge in [0, 0.05) is 27.5 Å². The second kappa shape index (κ2) is 8.81. The molecule has 0 atom stereocenters. The summed E-state index contributed by atoms with van der Waals surface area (Å²) in [4.78, 5) is 20.5. The standard InChI is InChI=1S/C23H16N2O5S2/c1-27-18(26)10-28-17-4-2-3-14(9-17)21-20(24-13-29-21)23-25-19(15-5-7-31-11-15)22(30-23)16-6-8-32-12-16/h2-9,11-13H,10H2,1H3. The topological polar surface area (TPSA) is 87.6 Å². The summed E-state index contributed by atoms with van der Waals surface area (Å²) in [6.07, 6.45) is 1.35. The molecule has 7 nitrogen and oxygen atoms in total. The van der Waals surface area contributed by atoms with Gasteiger partial charge in [-0.1, -0.05) is 12.1 Å². The highest BCUT2D eigenvalue weighted by atomic mass is 32.1. The van der Waals surface area contributed by atoms with Crippen LogP contribution in [-0.4, -0.2) is 29.7 Å². The molecule has 0 aliphatic carbocycles. The predicted octanol–water partition coefficient (Wildman–Crippen LogP) is 6.01. The van der Waals surface area contributed by atoms with Gasteiger partial charge >= 0.3 is 5.97 Å². The van der Waals surface area contributed by atoms with Crippen molar-refractivity contribution in [3.8, 4) is 51.2 Å². The van der Waals surface area contributed by atoms with Crippen molar-refractivity contribution in [1.29, 1.82) is 0 Å². The van der Waals surface area contributed by atoms with Crippen LogP contribution in [0.2, 0.25) is 0 Å². The third kappa shape index (κ3) is 3.95. The summed E-state index contributed by atoms with van der Waals surface area (Å²) in [5.74, 6) is 1.57. The van der Waals surface area contributed by atoms with Gasteiger partial charge in [-0.05, 0) is 35.0 Å². The van der Waals surface area contributed by atoms with Gasteiger partial charge in [-0.25, -0.2) is 14.8 Å². The summed E-state index contributed by atoms with van der Waals surface area (Å²) >= 11 is 3.19. The van der Waals surface area contributed by atoms with Gasteiger partial charge in [-0.15, -0.1) is 0 Å². The molecule has 0 bridgehead atoms. The van der Waals surface area contributed by atoms with E-state index in [1.54, 1.807) is 40.9 Å². The van der Waals surface area contributed by atoms with E-state index in [0.717, 1.165) is 16.8 Å². The van der Waals surface area contributed by atoms with Crippen molar-refractivity contribution in [3.05, 3.63) is 64.3 Å². The Balaban J connectivity index is 1.53. The van der Waals surface area contributed by atoms with Gasteiger partial charge in [0.15, 0.2) is 30.2 Å². The molecule has 4 aromatic heterocycles. The monoisotopic (exact) mass is 464 g/mol. The average Bonchev–Trinajstić information content (AvgIpc) is 3.63. The number of hydrogen-bond donors (Lipinski definition) is 0. The fourth-order valence-electron chi connectivity index (χ4n) is 3.14. The van der Waals surface area contributed by atoms with Crippen LogP contribution in [0.5, 0.6) is 5.75 Å². The maximum atomic E-state index is 11.4. The third-order valence-electron chi connectivity index (χ3n) is 4.66. The lowest BCUT2D eigenvalue weighted by Crippen LogP contribution is -2.12. The highest BCUT2D eigenvalue weighted by Crippen LogP contribution is 2.40. The van der Waals surface area contributed by atoms with E-state index in [9.17, 15) is 4.79 Å². The molecule has 0 radical (unpaired) electrons. The molecule has 9 heteroatoms. The number of aromatic nitrogens is 2. The van der Waals surface area contributed by atoms with Crippen LogP contribution in [-0.2, 0) is 9.53 Å². The van der Waals surface area contributed by atoms with Crippen LogP contribution in [0.4, 0.5) is 0 Å². The maximum Gasteiger partial charge on any atom is 0.343 e. The number of carbonyl (C=O) groups excluding carboxylic acids is 1. The highest BCUT2D eigenvalue weighted by Gasteiger charge is 2.23. The first-order valence-electron chi connectivity index (χ1n) is 9.53. The molecule has 5 aromatic rings. The number of hydrogen-bond acceptors (Lipinski definition) is 9. The van der Waals surface area contributed by atoms with Crippen molar-refractivity contribution in [2.75, 3.05) is 13.7 Å². The first kappa shape index (κ1) is 20.2. The maximum absolute atomic E-state index is 11.4. The molecule has 0 N–H and O–H groups in total. The van der Waals surface area contributed by atoms with Crippen LogP contribution in [0, 0.1) is 0 Å². The number of methoxy groups -OCH3 is 1. The van der Waals surface area contributed by atoms with E-state index in [2.05, 4.69) is 9.72 Å². The molecule has 1 aromatic carbocycles. The van der Waals surface area contributed by atoms with Crippen molar-refractivity contribution < 1.29 is 23.1 Å². The fourth-order valence-corrected chi connectivity index (χ4v) is 4.41. The number of benzene rings is 1. The van der Waals surface area contributed by atoms with E-state index in [-0.39, 0.29) is 6.61 Å². The van der Waals surface area contributed by atoms with Gasteiger partial charge in [0.05, 0.1) is 7.11 Å². The first-order chi connectivity index (χ1) is 15.7. The SMILES string of the molecule is COC(=O)COc1cccc(-c2ocnc2-c2nc(-c3ccsc3)c(-c3ccsc3)o2)c1. The van der Waals surface area contributed by atoms with E-state index in [1.807, 2.05) is 39.7 Å². The normalized spacial score (nSPS) is 10.9. The summed E-state index contributed by atoms with van der Waals surface area (Å²) < 4.78 is 22.0. The molecule has 0 fully saturated rings. The highest BCUT2D eigenvalue weighted by molar-refractivity contribution is 7.08. The summed E-state index contributed by atoms with van der Waals surface area (Å²) in [6.45, 7) is -0.184. The Bertz CT molecular complexity index is 1280. The lowest BCUT2D eigenvalue weighted by Gasteiger charge is -2.06.